The second kappa shape index (κ2) is 4.79. The quantitative estimate of drug-likeness (QED) is 0.685. The monoisotopic (exact) mass is 208 g/mol. The van der Waals surface area contributed by atoms with E-state index in [1.54, 1.807) is 0 Å². The molecule has 1 unspecified atom stereocenters. The maximum Gasteiger partial charge on any atom is 0.237 e. The summed E-state index contributed by atoms with van der Waals surface area (Å²) in [6.07, 6.45) is 10.9. The minimum Gasteiger partial charge on any atom is -0.352 e. The molecule has 0 aromatic rings. The lowest BCUT2D eigenvalue weighted by Gasteiger charge is -2.21. The lowest BCUT2D eigenvalue weighted by molar-refractivity contribution is -0.122. The van der Waals surface area contributed by atoms with E-state index < -0.39 is 0 Å². The van der Waals surface area contributed by atoms with Gasteiger partial charge in [0.05, 0.1) is 6.04 Å². The minimum atomic E-state index is -0.304. The Morgan fingerprint density at radius 3 is 2.80 bits per heavy atom. The zero-order valence-corrected chi connectivity index (χ0v) is 9.11. The highest BCUT2D eigenvalue weighted by Gasteiger charge is 2.27. The summed E-state index contributed by atoms with van der Waals surface area (Å²) < 4.78 is 0. The van der Waals surface area contributed by atoms with Gasteiger partial charge in [0.1, 0.15) is 0 Å². The molecule has 0 aliphatic heterocycles. The Labute approximate surface area is 91.1 Å². The van der Waals surface area contributed by atoms with Crippen LogP contribution in [0.5, 0.6) is 0 Å². The first-order valence-corrected chi connectivity index (χ1v) is 5.96. The van der Waals surface area contributed by atoms with Crippen LogP contribution in [0.15, 0.2) is 12.2 Å². The highest BCUT2D eigenvalue weighted by molar-refractivity contribution is 5.82. The van der Waals surface area contributed by atoms with Gasteiger partial charge in [0.25, 0.3) is 0 Å². The standard InChI is InChI=1S/C12H20N2O/c13-11(12(15)14-10-6-7-10)8-9-4-2-1-3-5-9/h1-2,9-11H,3-8,13H2,(H,14,15)/t9?,11-/m0/s1. The van der Waals surface area contributed by atoms with Gasteiger partial charge < -0.3 is 11.1 Å². The molecule has 84 valence electrons. The summed E-state index contributed by atoms with van der Waals surface area (Å²) in [6.45, 7) is 0. The Bertz CT molecular complexity index is 258. The smallest absolute Gasteiger partial charge is 0.237 e. The molecule has 0 radical (unpaired) electrons. The summed E-state index contributed by atoms with van der Waals surface area (Å²) in [6, 6.07) is 0.122. The molecule has 0 heterocycles. The Morgan fingerprint density at radius 2 is 2.20 bits per heavy atom. The van der Waals surface area contributed by atoms with Crippen molar-refractivity contribution in [3.05, 3.63) is 12.2 Å². The minimum absolute atomic E-state index is 0.0482. The fourth-order valence-corrected chi connectivity index (χ4v) is 2.07. The van der Waals surface area contributed by atoms with Crippen molar-refractivity contribution in [1.29, 1.82) is 0 Å². The third-order valence-electron chi connectivity index (χ3n) is 3.23. The molecule has 0 spiro atoms. The number of nitrogens with one attached hydrogen (secondary N) is 1. The van der Waals surface area contributed by atoms with Gasteiger partial charge in [-0.3, -0.25) is 4.79 Å². The summed E-state index contributed by atoms with van der Waals surface area (Å²) in [7, 11) is 0. The van der Waals surface area contributed by atoms with Gasteiger partial charge in [0.15, 0.2) is 0 Å². The van der Waals surface area contributed by atoms with Gasteiger partial charge in [0, 0.05) is 6.04 Å². The van der Waals surface area contributed by atoms with Crippen LogP contribution >= 0.6 is 0 Å². The van der Waals surface area contributed by atoms with Gasteiger partial charge in [-0.15, -0.1) is 0 Å². The van der Waals surface area contributed by atoms with Crippen molar-refractivity contribution in [3.8, 4) is 0 Å². The van der Waals surface area contributed by atoms with Crippen LogP contribution in [0.2, 0.25) is 0 Å². The Kier molecular flexibility index (Phi) is 3.41. The van der Waals surface area contributed by atoms with Crippen LogP contribution in [0.4, 0.5) is 0 Å². The van der Waals surface area contributed by atoms with Crippen LogP contribution in [0.25, 0.3) is 0 Å². The number of nitrogens with two attached hydrogens (primary N) is 1. The molecule has 15 heavy (non-hydrogen) atoms. The van der Waals surface area contributed by atoms with E-state index in [0.717, 1.165) is 32.1 Å². The van der Waals surface area contributed by atoms with Gasteiger partial charge >= 0.3 is 0 Å². The molecule has 0 bridgehead atoms. The van der Waals surface area contributed by atoms with Crippen LogP contribution in [-0.2, 0) is 4.79 Å². The molecule has 0 aromatic carbocycles. The van der Waals surface area contributed by atoms with E-state index in [1.165, 1.54) is 6.42 Å². The summed E-state index contributed by atoms with van der Waals surface area (Å²) in [5, 5.41) is 2.96. The molecule has 1 saturated carbocycles. The highest BCUT2D eigenvalue weighted by Crippen LogP contribution is 2.23. The first-order chi connectivity index (χ1) is 7.25. The van der Waals surface area contributed by atoms with Crippen LogP contribution in [-0.4, -0.2) is 18.0 Å². The van der Waals surface area contributed by atoms with Crippen LogP contribution in [0.1, 0.15) is 38.5 Å². The maximum atomic E-state index is 11.6. The van der Waals surface area contributed by atoms with E-state index in [0.29, 0.717) is 12.0 Å². The first-order valence-electron chi connectivity index (χ1n) is 5.96. The molecule has 0 aromatic heterocycles. The molecule has 1 amide bonds. The van der Waals surface area contributed by atoms with Crippen LogP contribution < -0.4 is 11.1 Å². The normalized spacial score (nSPS) is 27.4. The van der Waals surface area contributed by atoms with Crippen molar-refractivity contribution in [3.63, 3.8) is 0 Å². The fraction of sp³-hybridized carbons (Fsp3) is 0.750. The number of hydrogen-bond acceptors (Lipinski definition) is 2. The molecular weight excluding hydrogens is 188 g/mol. The fourth-order valence-electron chi connectivity index (χ4n) is 2.07. The van der Waals surface area contributed by atoms with E-state index in [1.807, 2.05) is 0 Å². The number of allylic oxidation sites excluding steroid dienone is 2. The Balaban J connectivity index is 1.72. The summed E-state index contributed by atoms with van der Waals surface area (Å²) in [5.74, 6) is 0.655. The Hall–Kier alpha value is -0.830. The highest BCUT2D eigenvalue weighted by atomic mass is 16.2. The van der Waals surface area contributed by atoms with Crippen molar-refractivity contribution in [2.24, 2.45) is 11.7 Å². The Morgan fingerprint density at radius 1 is 1.40 bits per heavy atom. The molecule has 3 N–H and O–H groups in total. The summed E-state index contributed by atoms with van der Waals surface area (Å²) in [5.41, 5.74) is 5.89. The van der Waals surface area contributed by atoms with Crippen molar-refractivity contribution < 1.29 is 4.79 Å². The van der Waals surface area contributed by atoms with Gasteiger partial charge in [-0.2, -0.15) is 0 Å². The lowest BCUT2D eigenvalue weighted by atomic mass is 9.88. The second-order valence-corrected chi connectivity index (χ2v) is 4.78. The van der Waals surface area contributed by atoms with Crippen LogP contribution in [0.3, 0.4) is 0 Å². The average molecular weight is 208 g/mol. The largest absolute Gasteiger partial charge is 0.352 e. The number of carbonyl (C=O) groups is 1. The molecule has 1 fully saturated rings. The predicted molar refractivity (Wildman–Crippen MR) is 60.2 cm³/mol. The SMILES string of the molecule is N[C@@H](CC1CC=CCC1)C(=O)NC1CC1. The number of rotatable bonds is 4. The number of hydrogen-bond donors (Lipinski definition) is 2. The lowest BCUT2D eigenvalue weighted by Crippen LogP contribution is -2.42. The third kappa shape index (κ3) is 3.34. The maximum absolute atomic E-state index is 11.6. The second-order valence-electron chi connectivity index (χ2n) is 4.78. The molecule has 2 aliphatic rings. The summed E-state index contributed by atoms with van der Waals surface area (Å²) >= 11 is 0. The van der Waals surface area contributed by atoms with E-state index in [4.69, 9.17) is 5.73 Å². The van der Waals surface area contributed by atoms with Crippen LogP contribution in [0, 0.1) is 5.92 Å². The van der Waals surface area contributed by atoms with E-state index in [2.05, 4.69) is 17.5 Å². The van der Waals surface area contributed by atoms with Crippen molar-refractivity contribution in [2.45, 2.75) is 50.6 Å². The van der Waals surface area contributed by atoms with Crippen molar-refractivity contribution in [1.82, 2.24) is 5.32 Å². The van der Waals surface area contributed by atoms with Crippen molar-refractivity contribution in [2.75, 3.05) is 0 Å². The number of carbonyl (C=O) groups excluding carboxylic acids is 1. The molecule has 3 nitrogen and oxygen atoms in total. The van der Waals surface area contributed by atoms with Gasteiger partial charge in [-0.05, 0) is 44.4 Å². The topological polar surface area (TPSA) is 55.1 Å². The number of amides is 1. The van der Waals surface area contributed by atoms with E-state index >= 15 is 0 Å². The first kappa shape index (κ1) is 10.7. The van der Waals surface area contributed by atoms with Gasteiger partial charge in [-0.25, -0.2) is 0 Å². The molecule has 3 heteroatoms. The van der Waals surface area contributed by atoms with Gasteiger partial charge in [-0.1, -0.05) is 12.2 Å². The van der Waals surface area contributed by atoms with E-state index in [-0.39, 0.29) is 11.9 Å². The summed E-state index contributed by atoms with van der Waals surface area (Å²) in [4.78, 5) is 11.6. The zero-order valence-electron chi connectivity index (χ0n) is 9.11. The zero-order chi connectivity index (χ0) is 10.7. The molecule has 2 rings (SSSR count). The van der Waals surface area contributed by atoms with Crippen molar-refractivity contribution >= 4 is 5.91 Å². The molecule has 2 atom stereocenters. The molecular formula is C12H20N2O. The van der Waals surface area contributed by atoms with E-state index in [9.17, 15) is 4.79 Å². The molecule has 2 aliphatic carbocycles. The predicted octanol–water partition coefficient (Wildman–Crippen LogP) is 1.34. The average Bonchev–Trinajstić information content (AvgIpc) is 3.03. The third-order valence-corrected chi connectivity index (χ3v) is 3.23. The molecule has 0 saturated heterocycles. The van der Waals surface area contributed by atoms with Gasteiger partial charge in [0.2, 0.25) is 5.91 Å².